The molecule has 0 aliphatic carbocycles. The van der Waals surface area contributed by atoms with Crippen LogP contribution in [0.3, 0.4) is 0 Å². The Morgan fingerprint density at radius 2 is 2.15 bits per heavy atom. The number of pyridine rings is 1. The fourth-order valence-electron chi connectivity index (χ4n) is 2.10. The van der Waals surface area contributed by atoms with E-state index in [1.807, 2.05) is 12.3 Å². The molecule has 0 bridgehead atoms. The second-order valence-corrected chi connectivity index (χ2v) is 5.00. The van der Waals surface area contributed by atoms with Crippen molar-refractivity contribution in [2.45, 2.75) is 6.54 Å². The van der Waals surface area contributed by atoms with E-state index < -0.39 is 0 Å². The highest BCUT2D eigenvalue weighted by atomic mass is 16.5. The number of nitrogens with one attached hydrogen (secondary N) is 1. The lowest BCUT2D eigenvalue weighted by molar-refractivity contribution is 0.161. The van der Waals surface area contributed by atoms with Gasteiger partial charge in [0, 0.05) is 44.9 Å². The summed E-state index contributed by atoms with van der Waals surface area (Å²) in [4.78, 5) is 6.60. The molecule has 0 aliphatic rings. The van der Waals surface area contributed by atoms with Crippen LogP contribution in [0.4, 0.5) is 0 Å². The molecule has 0 atom stereocenters. The van der Waals surface area contributed by atoms with Gasteiger partial charge in [-0.3, -0.25) is 4.98 Å². The molecule has 0 aliphatic heterocycles. The molecule has 1 aromatic carbocycles. The second kappa shape index (κ2) is 7.94. The van der Waals surface area contributed by atoms with Gasteiger partial charge in [0.25, 0.3) is 0 Å². The molecule has 1 N–H and O–H groups in total. The van der Waals surface area contributed by atoms with Gasteiger partial charge in [0.2, 0.25) is 0 Å². The monoisotopic (exact) mass is 273 g/mol. The van der Waals surface area contributed by atoms with Gasteiger partial charge in [-0.05, 0) is 30.8 Å². The summed E-state index contributed by atoms with van der Waals surface area (Å²) in [6, 6.07) is 10.5. The van der Waals surface area contributed by atoms with E-state index in [2.05, 4.69) is 46.5 Å². The van der Waals surface area contributed by atoms with Gasteiger partial charge < -0.3 is 15.0 Å². The van der Waals surface area contributed by atoms with Gasteiger partial charge >= 0.3 is 0 Å². The molecule has 4 nitrogen and oxygen atoms in total. The number of hydrogen-bond acceptors (Lipinski definition) is 4. The topological polar surface area (TPSA) is 37.4 Å². The van der Waals surface area contributed by atoms with E-state index in [1.54, 1.807) is 7.11 Å². The number of likely N-dealkylation sites (N-methyl/N-ethyl adjacent to an activating group) is 1. The Labute approximate surface area is 120 Å². The van der Waals surface area contributed by atoms with E-state index in [9.17, 15) is 0 Å². The molecule has 2 rings (SSSR count). The molecule has 4 heteroatoms. The summed E-state index contributed by atoms with van der Waals surface area (Å²) in [6.45, 7) is 4.65. The predicted octanol–water partition coefficient (Wildman–Crippen LogP) is 1.90. The largest absolute Gasteiger partial charge is 0.383 e. The van der Waals surface area contributed by atoms with E-state index in [4.69, 9.17) is 4.74 Å². The molecule has 0 amide bonds. The Hall–Kier alpha value is -1.49. The van der Waals surface area contributed by atoms with E-state index in [0.29, 0.717) is 0 Å². The summed E-state index contributed by atoms with van der Waals surface area (Å²) >= 11 is 0. The third kappa shape index (κ3) is 4.56. The standard InChI is InChI=1S/C16H23N3O/c1-19(10-11-20-2)9-8-17-13-14-5-6-16-15(12-14)4-3-7-18-16/h3-7,12,17H,8-11,13H2,1-2H3. The summed E-state index contributed by atoms with van der Waals surface area (Å²) in [5, 5.41) is 4.67. The zero-order valence-corrected chi connectivity index (χ0v) is 12.3. The summed E-state index contributed by atoms with van der Waals surface area (Å²) < 4.78 is 5.06. The van der Waals surface area contributed by atoms with Crippen LogP contribution in [0.1, 0.15) is 5.56 Å². The fourth-order valence-corrected chi connectivity index (χ4v) is 2.10. The maximum absolute atomic E-state index is 5.06. The van der Waals surface area contributed by atoms with Gasteiger partial charge in [-0.1, -0.05) is 12.1 Å². The van der Waals surface area contributed by atoms with Crippen LogP contribution in [0.2, 0.25) is 0 Å². The molecule has 0 fully saturated rings. The summed E-state index contributed by atoms with van der Waals surface area (Å²) in [7, 11) is 3.85. The number of ether oxygens (including phenoxy) is 1. The molecule has 0 radical (unpaired) electrons. The molecular formula is C16H23N3O. The highest BCUT2D eigenvalue weighted by Gasteiger charge is 1.99. The number of aromatic nitrogens is 1. The molecule has 1 aromatic heterocycles. The van der Waals surface area contributed by atoms with Crippen molar-refractivity contribution in [3.63, 3.8) is 0 Å². The van der Waals surface area contributed by atoms with E-state index >= 15 is 0 Å². The minimum atomic E-state index is 0.786. The molecule has 108 valence electrons. The van der Waals surface area contributed by atoms with Crippen LogP contribution in [0.15, 0.2) is 36.5 Å². The van der Waals surface area contributed by atoms with Crippen LogP contribution in [-0.4, -0.2) is 50.3 Å². The van der Waals surface area contributed by atoms with Crippen molar-refractivity contribution in [3.8, 4) is 0 Å². The third-order valence-electron chi connectivity index (χ3n) is 3.34. The van der Waals surface area contributed by atoms with Crippen molar-refractivity contribution in [2.24, 2.45) is 0 Å². The first-order valence-electron chi connectivity index (χ1n) is 7.01. The summed E-state index contributed by atoms with van der Waals surface area (Å²) in [5.74, 6) is 0. The van der Waals surface area contributed by atoms with Crippen LogP contribution in [0.5, 0.6) is 0 Å². The average molecular weight is 273 g/mol. The Morgan fingerprint density at radius 1 is 1.25 bits per heavy atom. The normalized spacial score (nSPS) is 11.3. The first kappa shape index (κ1) is 14.9. The molecule has 2 aromatic rings. The molecule has 0 spiro atoms. The first-order valence-corrected chi connectivity index (χ1v) is 7.01. The predicted molar refractivity (Wildman–Crippen MR) is 82.8 cm³/mol. The lowest BCUT2D eigenvalue weighted by Crippen LogP contribution is -2.31. The van der Waals surface area contributed by atoms with Gasteiger partial charge in [-0.2, -0.15) is 0 Å². The van der Waals surface area contributed by atoms with E-state index in [-0.39, 0.29) is 0 Å². The van der Waals surface area contributed by atoms with Crippen molar-refractivity contribution >= 4 is 10.9 Å². The maximum Gasteiger partial charge on any atom is 0.0702 e. The van der Waals surface area contributed by atoms with Gasteiger partial charge in [0.15, 0.2) is 0 Å². The zero-order valence-electron chi connectivity index (χ0n) is 12.3. The first-order chi connectivity index (χ1) is 9.79. The molecule has 0 saturated heterocycles. The number of rotatable bonds is 8. The van der Waals surface area contributed by atoms with Crippen LogP contribution < -0.4 is 5.32 Å². The second-order valence-electron chi connectivity index (χ2n) is 5.00. The average Bonchev–Trinajstić information content (AvgIpc) is 2.49. The Balaban J connectivity index is 1.75. The lowest BCUT2D eigenvalue weighted by Gasteiger charge is -2.16. The molecule has 0 saturated carbocycles. The van der Waals surface area contributed by atoms with Crippen molar-refractivity contribution < 1.29 is 4.74 Å². The summed E-state index contributed by atoms with van der Waals surface area (Å²) in [6.07, 6.45) is 1.83. The quantitative estimate of drug-likeness (QED) is 0.746. The molecule has 1 heterocycles. The number of methoxy groups -OCH3 is 1. The number of nitrogens with zero attached hydrogens (tertiary/aromatic N) is 2. The minimum absolute atomic E-state index is 0.786. The SMILES string of the molecule is COCCN(C)CCNCc1ccc2ncccc2c1. The van der Waals surface area contributed by atoms with Crippen molar-refractivity contribution in [3.05, 3.63) is 42.1 Å². The number of hydrogen-bond donors (Lipinski definition) is 1. The van der Waals surface area contributed by atoms with Crippen LogP contribution >= 0.6 is 0 Å². The Kier molecular flexibility index (Phi) is 5.92. The molecule has 0 unspecified atom stereocenters. The Morgan fingerprint density at radius 3 is 3.00 bits per heavy atom. The highest BCUT2D eigenvalue weighted by Crippen LogP contribution is 2.12. The lowest BCUT2D eigenvalue weighted by atomic mass is 10.1. The van der Waals surface area contributed by atoms with Crippen LogP contribution in [0, 0.1) is 0 Å². The van der Waals surface area contributed by atoms with E-state index in [0.717, 1.165) is 38.3 Å². The third-order valence-corrected chi connectivity index (χ3v) is 3.34. The smallest absolute Gasteiger partial charge is 0.0702 e. The van der Waals surface area contributed by atoms with E-state index in [1.165, 1.54) is 10.9 Å². The molecule has 20 heavy (non-hydrogen) atoms. The van der Waals surface area contributed by atoms with Crippen molar-refractivity contribution in [2.75, 3.05) is 40.4 Å². The zero-order chi connectivity index (χ0) is 14.2. The Bertz CT molecular complexity index is 530. The maximum atomic E-state index is 5.06. The highest BCUT2D eigenvalue weighted by molar-refractivity contribution is 5.78. The van der Waals surface area contributed by atoms with Gasteiger partial charge in [0.05, 0.1) is 12.1 Å². The van der Waals surface area contributed by atoms with Gasteiger partial charge in [0.1, 0.15) is 0 Å². The number of benzene rings is 1. The number of fused-ring (bicyclic) bond motifs is 1. The molecular weight excluding hydrogens is 250 g/mol. The minimum Gasteiger partial charge on any atom is -0.383 e. The summed E-state index contributed by atoms with van der Waals surface area (Å²) in [5.41, 5.74) is 2.35. The van der Waals surface area contributed by atoms with Crippen molar-refractivity contribution in [1.29, 1.82) is 0 Å². The van der Waals surface area contributed by atoms with Crippen LogP contribution in [-0.2, 0) is 11.3 Å². The fraction of sp³-hybridized carbons (Fsp3) is 0.438. The van der Waals surface area contributed by atoms with Gasteiger partial charge in [-0.25, -0.2) is 0 Å². The van der Waals surface area contributed by atoms with Gasteiger partial charge in [-0.15, -0.1) is 0 Å². The van der Waals surface area contributed by atoms with Crippen molar-refractivity contribution in [1.82, 2.24) is 15.2 Å². The van der Waals surface area contributed by atoms with Crippen LogP contribution in [0.25, 0.3) is 10.9 Å².